The smallest absolute Gasteiger partial charge is 0.243 e. The molecule has 23 heavy (non-hydrogen) atoms. The molecule has 0 radical (unpaired) electrons. The summed E-state index contributed by atoms with van der Waals surface area (Å²) in [5.74, 6) is -0.302. The molecule has 1 atom stereocenters. The first-order valence-corrected chi connectivity index (χ1v) is 8.84. The number of rotatable bonds is 3. The summed E-state index contributed by atoms with van der Waals surface area (Å²) in [5.41, 5.74) is 0.736. The van der Waals surface area contributed by atoms with Crippen LogP contribution in [0, 0.1) is 12.3 Å². The van der Waals surface area contributed by atoms with E-state index in [1.165, 1.54) is 0 Å². The molecule has 122 valence electrons. The summed E-state index contributed by atoms with van der Waals surface area (Å²) >= 11 is 0. The van der Waals surface area contributed by atoms with E-state index < -0.39 is 21.5 Å². The highest BCUT2D eigenvalue weighted by Crippen LogP contribution is 2.28. The van der Waals surface area contributed by atoms with Gasteiger partial charge in [-0.05, 0) is 30.7 Å². The molecule has 1 fully saturated rings. The number of pyridine rings is 1. The number of amides is 1. The Hall–Kier alpha value is -1.99. The first-order chi connectivity index (χ1) is 10.7. The molecule has 6 nitrogen and oxygen atoms in total. The molecule has 2 aromatic rings. The van der Waals surface area contributed by atoms with Crippen molar-refractivity contribution in [3.8, 4) is 0 Å². The largest absolute Gasteiger partial charge is 0.354 e. The Bertz CT molecular complexity index is 891. The van der Waals surface area contributed by atoms with Crippen molar-refractivity contribution in [2.24, 2.45) is 5.41 Å². The minimum Gasteiger partial charge on any atom is -0.354 e. The quantitative estimate of drug-likeness (QED) is 0.887. The fourth-order valence-corrected chi connectivity index (χ4v) is 4.44. The molecule has 2 heterocycles. The van der Waals surface area contributed by atoms with E-state index in [0.29, 0.717) is 12.1 Å². The zero-order valence-corrected chi connectivity index (χ0v) is 14.1. The number of carbonyl (C=O) groups is 1. The van der Waals surface area contributed by atoms with E-state index in [0.717, 1.165) is 10.9 Å². The highest BCUT2D eigenvalue weighted by atomic mass is 32.2. The van der Waals surface area contributed by atoms with Crippen LogP contribution < -0.4 is 10.0 Å². The zero-order valence-electron chi connectivity index (χ0n) is 13.3. The van der Waals surface area contributed by atoms with Gasteiger partial charge in [0.15, 0.2) is 0 Å². The van der Waals surface area contributed by atoms with E-state index in [4.69, 9.17) is 0 Å². The third kappa shape index (κ3) is 2.82. The lowest BCUT2D eigenvalue weighted by Gasteiger charge is -2.24. The van der Waals surface area contributed by atoms with Crippen LogP contribution in [-0.2, 0) is 14.8 Å². The lowest BCUT2D eigenvalue weighted by molar-refractivity contribution is -0.121. The summed E-state index contributed by atoms with van der Waals surface area (Å²) in [6, 6.07) is 6.25. The van der Waals surface area contributed by atoms with Crippen molar-refractivity contribution < 1.29 is 13.2 Å². The minimum absolute atomic E-state index is 0.101. The third-order valence-electron chi connectivity index (χ3n) is 4.14. The van der Waals surface area contributed by atoms with E-state index in [1.807, 2.05) is 32.9 Å². The predicted octanol–water partition coefficient (Wildman–Crippen LogP) is 1.35. The second-order valence-electron chi connectivity index (χ2n) is 6.60. The first kappa shape index (κ1) is 15.9. The number of hydrogen-bond acceptors (Lipinski definition) is 4. The molecule has 1 amide bonds. The molecule has 1 aliphatic rings. The first-order valence-electron chi connectivity index (χ1n) is 7.36. The number of aryl methyl sites for hydroxylation is 1. The standard InChI is InChI=1S/C16H19N3O3S/c1-10-7-11-5-4-6-17-13(11)12(8-10)23(21,22)19-14-15(20)18-9-16(14,2)3/h4-8,14,19H,9H2,1-3H3,(H,18,20). The van der Waals surface area contributed by atoms with Gasteiger partial charge in [0.1, 0.15) is 10.9 Å². The molecule has 1 aromatic heterocycles. The summed E-state index contributed by atoms with van der Waals surface area (Å²) in [5, 5.41) is 3.45. The monoisotopic (exact) mass is 333 g/mol. The Morgan fingerprint density at radius 1 is 1.35 bits per heavy atom. The molecule has 1 saturated heterocycles. The summed E-state index contributed by atoms with van der Waals surface area (Å²) in [6.45, 7) is 5.97. The van der Waals surface area contributed by atoms with Gasteiger partial charge >= 0.3 is 0 Å². The molecule has 0 bridgehead atoms. The Labute approximate surface area is 135 Å². The normalized spacial score (nSPS) is 20.7. The SMILES string of the molecule is Cc1cc(S(=O)(=O)NC2C(=O)NCC2(C)C)c2ncccc2c1. The van der Waals surface area contributed by atoms with Crippen LogP contribution in [0.25, 0.3) is 10.9 Å². The van der Waals surface area contributed by atoms with Crippen LogP contribution in [0.2, 0.25) is 0 Å². The van der Waals surface area contributed by atoms with Crippen molar-refractivity contribution in [3.63, 3.8) is 0 Å². The molecule has 2 N–H and O–H groups in total. The van der Waals surface area contributed by atoms with Crippen molar-refractivity contribution in [2.45, 2.75) is 31.7 Å². The lowest BCUT2D eigenvalue weighted by Crippen LogP contribution is -2.46. The number of nitrogens with zero attached hydrogens (tertiary/aromatic N) is 1. The number of fused-ring (bicyclic) bond motifs is 1. The van der Waals surface area contributed by atoms with Gasteiger partial charge in [0, 0.05) is 23.5 Å². The summed E-state index contributed by atoms with van der Waals surface area (Å²) in [6.07, 6.45) is 1.56. The molecule has 1 aliphatic heterocycles. The Kier molecular flexibility index (Phi) is 3.65. The second kappa shape index (κ2) is 5.28. The Morgan fingerprint density at radius 3 is 2.74 bits per heavy atom. The summed E-state index contributed by atoms with van der Waals surface area (Å²) in [4.78, 5) is 16.3. The second-order valence-corrected chi connectivity index (χ2v) is 8.28. The van der Waals surface area contributed by atoms with Crippen LogP contribution in [0.3, 0.4) is 0 Å². The van der Waals surface area contributed by atoms with E-state index in [1.54, 1.807) is 18.3 Å². The Balaban J connectivity index is 2.09. The lowest BCUT2D eigenvalue weighted by atomic mass is 9.88. The van der Waals surface area contributed by atoms with Crippen LogP contribution >= 0.6 is 0 Å². The summed E-state index contributed by atoms with van der Waals surface area (Å²) < 4.78 is 28.3. The van der Waals surface area contributed by atoms with Crippen molar-refractivity contribution in [1.29, 1.82) is 0 Å². The maximum Gasteiger partial charge on any atom is 0.243 e. The van der Waals surface area contributed by atoms with Crippen molar-refractivity contribution >= 4 is 26.8 Å². The number of hydrogen-bond donors (Lipinski definition) is 2. The maximum atomic E-state index is 12.9. The predicted molar refractivity (Wildman–Crippen MR) is 87.4 cm³/mol. The number of benzene rings is 1. The molecule has 7 heteroatoms. The van der Waals surface area contributed by atoms with Gasteiger partial charge in [0.05, 0.1) is 5.52 Å². The highest BCUT2D eigenvalue weighted by Gasteiger charge is 2.43. The zero-order chi connectivity index (χ0) is 16.8. The van der Waals surface area contributed by atoms with Gasteiger partial charge in [-0.2, -0.15) is 4.72 Å². The van der Waals surface area contributed by atoms with Gasteiger partial charge in [-0.3, -0.25) is 9.78 Å². The van der Waals surface area contributed by atoms with E-state index in [9.17, 15) is 13.2 Å². The number of carbonyl (C=O) groups excluding carboxylic acids is 1. The molecular weight excluding hydrogens is 314 g/mol. The highest BCUT2D eigenvalue weighted by molar-refractivity contribution is 7.89. The average Bonchev–Trinajstić information content (AvgIpc) is 2.73. The van der Waals surface area contributed by atoms with Gasteiger partial charge in [-0.1, -0.05) is 19.9 Å². The van der Waals surface area contributed by atoms with E-state index in [2.05, 4.69) is 15.0 Å². The van der Waals surface area contributed by atoms with Crippen molar-refractivity contribution in [2.75, 3.05) is 6.54 Å². The third-order valence-corrected chi connectivity index (χ3v) is 5.57. The molecule has 0 spiro atoms. The number of sulfonamides is 1. The van der Waals surface area contributed by atoms with Gasteiger partial charge in [-0.15, -0.1) is 0 Å². The van der Waals surface area contributed by atoms with Crippen LogP contribution in [0.4, 0.5) is 0 Å². The van der Waals surface area contributed by atoms with Gasteiger partial charge in [0.2, 0.25) is 15.9 Å². The molecular formula is C16H19N3O3S. The molecule has 1 aromatic carbocycles. The Morgan fingerprint density at radius 2 is 2.09 bits per heavy atom. The van der Waals surface area contributed by atoms with Gasteiger partial charge < -0.3 is 5.32 Å². The molecule has 1 unspecified atom stereocenters. The molecule has 3 rings (SSSR count). The van der Waals surface area contributed by atoms with Crippen LogP contribution in [-0.4, -0.2) is 31.9 Å². The number of aromatic nitrogens is 1. The van der Waals surface area contributed by atoms with Crippen molar-refractivity contribution in [3.05, 3.63) is 36.0 Å². The minimum atomic E-state index is -3.87. The molecule has 0 saturated carbocycles. The van der Waals surface area contributed by atoms with Crippen LogP contribution in [0.5, 0.6) is 0 Å². The fraction of sp³-hybridized carbons (Fsp3) is 0.375. The average molecular weight is 333 g/mol. The number of nitrogens with one attached hydrogen (secondary N) is 2. The van der Waals surface area contributed by atoms with Crippen LogP contribution in [0.15, 0.2) is 35.4 Å². The topological polar surface area (TPSA) is 88.2 Å². The fourth-order valence-electron chi connectivity index (χ4n) is 2.81. The maximum absolute atomic E-state index is 12.9. The van der Waals surface area contributed by atoms with E-state index >= 15 is 0 Å². The molecule has 0 aliphatic carbocycles. The van der Waals surface area contributed by atoms with Crippen molar-refractivity contribution in [1.82, 2.24) is 15.0 Å². The van der Waals surface area contributed by atoms with Gasteiger partial charge in [0.25, 0.3) is 0 Å². The van der Waals surface area contributed by atoms with E-state index in [-0.39, 0.29) is 10.8 Å². The van der Waals surface area contributed by atoms with Crippen LogP contribution in [0.1, 0.15) is 19.4 Å². The summed E-state index contributed by atoms with van der Waals surface area (Å²) in [7, 11) is -3.87. The van der Waals surface area contributed by atoms with Gasteiger partial charge in [-0.25, -0.2) is 8.42 Å².